The van der Waals surface area contributed by atoms with Crippen LogP contribution in [0.1, 0.15) is 244 Å². The number of likely N-dealkylation sites (tertiary alicyclic amines) is 4. The summed E-state index contributed by atoms with van der Waals surface area (Å²) in [5.74, 6) is 4.40. The third-order valence-corrected chi connectivity index (χ3v) is 28.3. The van der Waals surface area contributed by atoms with Crippen molar-refractivity contribution in [3.8, 4) is 0 Å². The van der Waals surface area contributed by atoms with E-state index in [4.69, 9.17) is 22.2 Å². The fourth-order valence-electron chi connectivity index (χ4n) is 19.8. The lowest BCUT2D eigenvalue weighted by molar-refractivity contribution is 0.0646. The third kappa shape index (κ3) is 17.3. The largest absolute Gasteiger partial charge is 0.451 e. The number of fused-ring (bicyclic) bond motifs is 4. The average Bonchev–Trinajstić information content (AvgIpc) is 1.60. The van der Waals surface area contributed by atoms with Crippen molar-refractivity contribution in [2.45, 2.75) is 149 Å². The smallest absolute Gasteiger partial charge is 0.287 e. The fourth-order valence-corrected chi connectivity index (χ4v) is 19.8. The molecule has 21 rings (SSSR count). The molecule has 28 heteroatoms. The normalized spacial score (nSPS) is 20.4. The van der Waals surface area contributed by atoms with Gasteiger partial charge in [-0.1, -0.05) is 98.7 Å². The highest BCUT2D eigenvalue weighted by atomic mass is 16.5. The van der Waals surface area contributed by atoms with Crippen LogP contribution in [-0.2, 0) is 13.5 Å². The SMILES string of the molecule is CC(C)c1[nH]ncc1C(=O)N1CCC2(CC1)CC2CNC(=O)c1cc2ccccc2o1.CC(C)n1nccc1C(=O)N1CCC2(CC1)CC2CNC(=O)c1cc2ccccc2o1.CCc1cc(C(=O)N2CCC3(CC2)CC3CNC(=O)c2cc3ccccc3o2)n(C)n1.O=C(NCC1CC12CCN(C(=O)c1cc(C3CC3)on1)CC2)c1cc2ccccc2o1. The number of amides is 8. The lowest BCUT2D eigenvalue weighted by atomic mass is 9.90. The minimum atomic E-state index is -0.164. The Morgan fingerprint density at radius 3 is 1.17 bits per heavy atom. The molecule has 0 radical (unpaired) electrons. The molecule has 8 aromatic heterocycles. The predicted molar refractivity (Wildman–Crippen MR) is 463 cm³/mol. The van der Waals surface area contributed by atoms with Crippen LogP contribution in [0.3, 0.4) is 0 Å². The van der Waals surface area contributed by atoms with Crippen LogP contribution in [0, 0.1) is 45.3 Å². The first-order chi connectivity index (χ1) is 60.0. The topological polar surface area (TPSA) is 341 Å². The zero-order valence-electron chi connectivity index (χ0n) is 71.3. The summed E-state index contributed by atoms with van der Waals surface area (Å²) in [7, 11) is 1.83. The van der Waals surface area contributed by atoms with E-state index in [2.05, 4.69) is 60.7 Å². The summed E-state index contributed by atoms with van der Waals surface area (Å²) in [4.78, 5) is 109. The number of benzene rings is 4. The van der Waals surface area contributed by atoms with E-state index in [9.17, 15) is 38.4 Å². The fraction of sp³-hybridized carbons (Fsp3) is 0.458. The van der Waals surface area contributed by atoms with Gasteiger partial charge in [0.1, 0.15) is 39.5 Å². The van der Waals surface area contributed by atoms with E-state index in [0.29, 0.717) is 101 Å². The number of hydrogen-bond donors (Lipinski definition) is 5. The molecular formula is C96H109N15O13. The molecule has 4 unspecified atom stereocenters. The highest BCUT2D eigenvalue weighted by Gasteiger charge is 2.58. The second kappa shape index (κ2) is 34.0. The van der Waals surface area contributed by atoms with Gasteiger partial charge >= 0.3 is 0 Å². The second-order valence-electron chi connectivity index (χ2n) is 36.7. The molecule has 9 fully saturated rings. The lowest BCUT2D eigenvalue weighted by Crippen LogP contribution is -2.41. The second-order valence-corrected chi connectivity index (χ2v) is 36.7. The number of aromatic nitrogens is 7. The van der Waals surface area contributed by atoms with Crippen molar-refractivity contribution in [1.29, 1.82) is 0 Å². The summed E-state index contributed by atoms with van der Waals surface area (Å²) in [5.41, 5.74) is 8.25. The Kier molecular flexibility index (Phi) is 22.7. The molecule has 5 aliphatic carbocycles. The summed E-state index contributed by atoms with van der Waals surface area (Å²) in [5, 5.41) is 35.6. The average molecular weight is 1680 g/mol. The monoisotopic (exact) mass is 1680 g/mol. The number of hydrogen-bond acceptors (Lipinski definition) is 17. The summed E-state index contributed by atoms with van der Waals surface area (Å²) in [6.45, 7) is 18.9. The number of piperidine rings is 4. The minimum absolute atomic E-state index is 0.0270. The molecule has 5 saturated carbocycles. The molecule has 4 aromatic carbocycles. The number of rotatable bonds is 20. The standard InChI is InChI=1S/3C24H28N4O3.C24H25N3O4/c1-16(2)28-19(7-10-26-28)23(30)27-11-8-24(9-12-27)14-18(24)15-25-22(29)21-13-17-5-3-4-6-20(17)31-21;1-15(2)21-18(14-26-27-21)23(30)28-9-7-24(8-10-28)12-17(24)13-25-22(29)20-11-16-5-3-4-6-19(16)31-20;1-3-18-13-19(27(2)26-18)23(30)28-10-8-24(9-11-28)14-17(24)15-25-22(29)21-12-16-6-4-5-7-20(16)31-21;28-22(21-11-16-3-1-2-4-19(16)30-21)25-14-17-13-24(17)7-9-27(10-8-24)23(29)18-12-20(31-26-18)15-5-6-15/h3-7,10,13,16,18H,8-9,11-12,14-15H2,1-2H3,(H,25,29);3-6,11,14-15,17H,7-10,12-13H2,1-2H3,(H,25,29)(H,26,27);4-7,12-13,17H,3,8-11,14-15H2,1-2H3,(H,25,29);1-4,11-12,15,17H,5-10,13-14H2,(H,25,28). The number of para-hydroxylation sites is 4. The van der Waals surface area contributed by atoms with Crippen molar-refractivity contribution in [2.75, 3.05) is 78.5 Å². The molecule has 4 saturated heterocycles. The van der Waals surface area contributed by atoms with Gasteiger partial charge in [-0.05, 0) is 222 Å². The summed E-state index contributed by atoms with van der Waals surface area (Å²) < 4.78 is 31.4. The first-order valence-electron chi connectivity index (χ1n) is 44.3. The molecule has 28 nitrogen and oxygen atoms in total. The van der Waals surface area contributed by atoms with Crippen LogP contribution in [0.2, 0.25) is 0 Å². The van der Waals surface area contributed by atoms with Gasteiger partial charge in [0, 0.05) is 131 Å². The number of carbonyl (C=O) groups is 8. The number of aromatic amines is 1. The van der Waals surface area contributed by atoms with Gasteiger partial charge < -0.3 is 63.1 Å². The molecule has 646 valence electrons. The van der Waals surface area contributed by atoms with Crippen LogP contribution in [0.15, 0.2) is 174 Å². The van der Waals surface area contributed by atoms with Crippen molar-refractivity contribution in [2.24, 2.45) is 52.4 Å². The van der Waals surface area contributed by atoms with Gasteiger partial charge in [-0.2, -0.15) is 15.3 Å². The maximum Gasteiger partial charge on any atom is 0.287 e. The number of carbonyl (C=O) groups excluding carboxylic acids is 8. The van der Waals surface area contributed by atoms with Crippen molar-refractivity contribution < 1.29 is 60.5 Å². The van der Waals surface area contributed by atoms with Crippen LogP contribution >= 0.6 is 0 Å². The van der Waals surface area contributed by atoms with Crippen LogP contribution < -0.4 is 21.3 Å². The lowest BCUT2D eigenvalue weighted by Gasteiger charge is -2.33. The van der Waals surface area contributed by atoms with Crippen LogP contribution in [0.5, 0.6) is 0 Å². The number of furan rings is 4. The zero-order valence-corrected chi connectivity index (χ0v) is 71.3. The number of aryl methyl sites for hydroxylation is 2. The molecule has 9 aliphatic rings. The van der Waals surface area contributed by atoms with Crippen molar-refractivity contribution in [3.63, 3.8) is 0 Å². The van der Waals surface area contributed by atoms with Gasteiger partial charge in [0.15, 0.2) is 28.7 Å². The number of nitrogens with one attached hydrogen (secondary N) is 5. The molecule has 4 spiro atoms. The maximum absolute atomic E-state index is 12.9. The zero-order chi connectivity index (χ0) is 85.8. The molecule has 12 aromatic rings. The number of H-pyrrole nitrogens is 1. The summed E-state index contributed by atoms with van der Waals surface area (Å²) in [6, 6.07) is 43.4. The minimum Gasteiger partial charge on any atom is -0.451 e. The Morgan fingerprint density at radius 1 is 0.460 bits per heavy atom. The third-order valence-electron chi connectivity index (χ3n) is 28.3. The van der Waals surface area contributed by atoms with E-state index >= 15 is 0 Å². The van der Waals surface area contributed by atoms with E-state index in [-0.39, 0.29) is 80.9 Å². The van der Waals surface area contributed by atoms with Crippen molar-refractivity contribution in [1.82, 2.24) is 75.8 Å². The van der Waals surface area contributed by atoms with E-state index < -0.39 is 0 Å². The molecule has 5 N–H and O–H groups in total. The van der Waals surface area contributed by atoms with E-state index in [0.717, 1.165) is 210 Å². The molecule has 4 aliphatic heterocycles. The highest BCUT2D eigenvalue weighted by molar-refractivity contribution is 6.00. The first-order valence-corrected chi connectivity index (χ1v) is 44.3. The van der Waals surface area contributed by atoms with Crippen molar-refractivity contribution in [3.05, 3.63) is 215 Å². The molecule has 124 heavy (non-hydrogen) atoms. The van der Waals surface area contributed by atoms with E-state index in [1.807, 2.05) is 157 Å². The molecule has 8 amide bonds. The Labute approximate surface area is 718 Å². The molecule has 4 atom stereocenters. The number of nitrogens with zero attached hydrogens (tertiary/aromatic N) is 10. The van der Waals surface area contributed by atoms with Gasteiger partial charge in [0.05, 0.1) is 23.1 Å². The molecule has 0 bridgehead atoms. The predicted octanol–water partition coefficient (Wildman–Crippen LogP) is 15.2. The van der Waals surface area contributed by atoms with Crippen LogP contribution in [0.25, 0.3) is 43.9 Å². The van der Waals surface area contributed by atoms with Crippen LogP contribution in [-0.4, -0.2) is 180 Å². The highest BCUT2D eigenvalue weighted by Crippen LogP contribution is 2.62. The van der Waals surface area contributed by atoms with E-state index in [1.165, 1.54) is 0 Å². The van der Waals surface area contributed by atoms with Gasteiger partial charge in [-0.15, -0.1) is 0 Å². The quantitative estimate of drug-likeness (QED) is 0.0473. The van der Waals surface area contributed by atoms with Gasteiger partial charge in [-0.3, -0.25) is 52.8 Å². The Balaban J connectivity index is 0.000000113. The first kappa shape index (κ1) is 82.6. The maximum atomic E-state index is 12.9. The van der Waals surface area contributed by atoms with Gasteiger partial charge in [0.2, 0.25) is 0 Å². The Morgan fingerprint density at radius 2 is 0.823 bits per heavy atom. The summed E-state index contributed by atoms with van der Waals surface area (Å²) >= 11 is 0. The van der Waals surface area contributed by atoms with E-state index in [1.54, 1.807) is 52.1 Å². The summed E-state index contributed by atoms with van der Waals surface area (Å²) in [6.07, 6.45) is 18.7. The van der Waals surface area contributed by atoms with Gasteiger partial charge in [0.25, 0.3) is 47.3 Å². The molecular weight excluding hydrogens is 1570 g/mol. The van der Waals surface area contributed by atoms with Crippen molar-refractivity contribution >= 4 is 91.1 Å². The van der Waals surface area contributed by atoms with Gasteiger partial charge in [-0.25, -0.2) is 0 Å². The Bertz CT molecular complexity index is 5660. The van der Waals surface area contributed by atoms with Crippen LogP contribution in [0.4, 0.5) is 0 Å². The Hall–Kier alpha value is -12.4. The molecule has 12 heterocycles.